The van der Waals surface area contributed by atoms with Gasteiger partial charge in [-0.3, -0.25) is 10.1 Å². The molecule has 0 aliphatic rings. The fraction of sp³-hybridized carbons (Fsp3) is 0.333. The Morgan fingerprint density at radius 3 is 2.50 bits per heavy atom. The van der Waals surface area contributed by atoms with Crippen LogP contribution in [0, 0.1) is 0 Å². The molecule has 0 fully saturated rings. The van der Waals surface area contributed by atoms with E-state index in [1.807, 2.05) is 12.3 Å². The summed E-state index contributed by atoms with van der Waals surface area (Å²) in [7, 11) is -0.594. The number of thiazole rings is 1. The number of sulfonamides is 1. The molecule has 3 N–H and O–H groups in total. The van der Waals surface area contributed by atoms with Gasteiger partial charge >= 0.3 is 0 Å². The lowest BCUT2D eigenvalue weighted by Crippen LogP contribution is -2.22. The summed E-state index contributed by atoms with van der Waals surface area (Å²) < 4.78 is 25.1. The number of nitrogens with two attached hydrogens (primary N) is 1. The van der Waals surface area contributed by atoms with E-state index in [4.69, 9.17) is 5.73 Å². The van der Waals surface area contributed by atoms with E-state index in [2.05, 4.69) is 10.3 Å². The second kappa shape index (κ2) is 7.39. The summed E-state index contributed by atoms with van der Waals surface area (Å²) in [5, 5.41) is 5.04. The molecule has 1 amide bonds. The van der Waals surface area contributed by atoms with E-state index < -0.39 is 10.0 Å². The molecule has 0 radical (unpaired) electrons. The first kappa shape index (κ1) is 18.5. The second-order valence-electron chi connectivity index (χ2n) is 5.59. The van der Waals surface area contributed by atoms with Gasteiger partial charge < -0.3 is 5.73 Å². The van der Waals surface area contributed by atoms with Crippen molar-refractivity contribution in [1.82, 2.24) is 9.29 Å². The molecule has 1 atom stereocenters. The minimum atomic E-state index is -3.51. The number of anilines is 1. The predicted molar refractivity (Wildman–Crippen MR) is 94.7 cm³/mol. The Morgan fingerprint density at radius 1 is 1.33 bits per heavy atom. The van der Waals surface area contributed by atoms with Crippen molar-refractivity contribution in [2.24, 2.45) is 5.73 Å². The van der Waals surface area contributed by atoms with Crippen molar-refractivity contribution in [3.8, 4) is 0 Å². The molecular formula is C15H20N4O3S2. The van der Waals surface area contributed by atoms with Crippen LogP contribution < -0.4 is 11.1 Å². The first-order chi connectivity index (χ1) is 11.2. The zero-order valence-corrected chi connectivity index (χ0v) is 15.3. The smallest absolute Gasteiger partial charge is 0.257 e. The molecular weight excluding hydrogens is 348 g/mol. The van der Waals surface area contributed by atoms with Gasteiger partial charge in [0.1, 0.15) is 0 Å². The fourth-order valence-electron chi connectivity index (χ4n) is 1.95. The van der Waals surface area contributed by atoms with Crippen LogP contribution in [0.3, 0.4) is 0 Å². The number of carbonyl (C=O) groups excluding carboxylic acids is 1. The standard InChI is InChI=1S/C15H20N4O3S2/c1-10(16)8-12-9-23-15(17-12)18-14(20)11-4-6-13(7-5-11)24(21,22)19(2)3/h4-7,9-10H,8,16H2,1-3H3,(H,17,18,20). The Bertz CT molecular complexity index is 811. The molecule has 1 heterocycles. The van der Waals surface area contributed by atoms with Crippen LogP contribution in [0.25, 0.3) is 0 Å². The van der Waals surface area contributed by atoms with E-state index >= 15 is 0 Å². The first-order valence-corrected chi connectivity index (χ1v) is 9.56. The van der Waals surface area contributed by atoms with Crippen molar-refractivity contribution >= 4 is 32.4 Å². The Kier molecular flexibility index (Phi) is 5.70. The molecule has 0 aliphatic carbocycles. The lowest BCUT2D eigenvalue weighted by molar-refractivity contribution is 0.102. The Labute approximate surface area is 145 Å². The molecule has 2 rings (SSSR count). The molecule has 0 spiro atoms. The molecule has 2 aromatic rings. The van der Waals surface area contributed by atoms with E-state index in [-0.39, 0.29) is 16.8 Å². The molecule has 1 unspecified atom stereocenters. The van der Waals surface area contributed by atoms with Crippen LogP contribution in [0.2, 0.25) is 0 Å². The molecule has 0 saturated heterocycles. The Hall–Kier alpha value is -1.81. The molecule has 1 aromatic carbocycles. The normalized spacial score (nSPS) is 13.0. The largest absolute Gasteiger partial charge is 0.328 e. The zero-order chi connectivity index (χ0) is 17.9. The van der Waals surface area contributed by atoms with Crippen LogP contribution in [-0.4, -0.2) is 43.8 Å². The van der Waals surface area contributed by atoms with Crippen molar-refractivity contribution in [3.63, 3.8) is 0 Å². The lowest BCUT2D eigenvalue weighted by Gasteiger charge is -2.11. The molecule has 1 aromatic heterocycles. The number of amides is 1. The first-order valence-electron chi connectivity index (χ1n) is 7.24. The van der Waals surface area contributed by atoms with Gasteiger partial charge in [0.2, 0.25) is 10.0 Å². The van der Waals surface area contributed by atoms with Crippen LogP contribution in [-0.2, 0) is 16.4 Å². The number of hydrogen-bond donors (Lipinski definition) is 2. The quantitative estimate of drug-likeness (QED) is 0.804. The number of carbonyl (C=O) groups is 1. The fourth-order valence-corrected chi connectivity index (χ4v) is 3.57. The number of nitrogens with one attached hydrogen (secondary N) is 1. The Morgan fingerprint density at radius 2 is 1.96 bits per heavy atom. The van der Waals surface area contributed by atoms with Gasteiger partial charge in [0, 0.05) is 37.5 Å². The zero-order valence-electron chi connectivity index (χ0n) is 13.7. The van der Waals surface area contributed by atoms with E-state index in [1.165, 1.54) is 49.7 Å². The SMILES string of the molecule is CC(N)Cc1csc(NC(=O)c2ccc(S(=O)(=O)N(C)C)cc2)n1. The molecule has 24 heavy (non-hydrogen) atoms. The van der Waals surface area contributed by atoms with Crippen molar-refractivity contribution in [2.45, 2.75) is 24.3 Å². The van der Waals surface area contributed by atoms with Gasteiger partial charge in [0.05, 0.1) is 10.6 Å². The summed E-state index contributed by atoms with van der Waals surface area (Å²) in [4.78, 5) is 16.6. The average Bonchev–Trinajstić information content (AvgIpc) is 2.93. The van der Waals surface area contributed by atoms with Gasteiger partial charge in [-0.25, -0.2) is 17.7 Å². The summed E-state index contributed by atoms with van der Waals surface area (Å²) >= 11 is 1.32. The third kappa shape index (κ3) is 4.38. The summed E-state index contributed by atoms with van der Waals surface area (Å²) in [5.41, 5.74) is 6.91. The van der Waals surface area contributed by atoms with Crippen molar-refractivity contribution in [3.05, 3.63) is 40.9 Å². The summed E-state index contributed by atoms with van der Waals surface area (Å²) in [6, 6.07) is 5.77. The van der Waals surface area contributed by atoms with Crippen LogP contribution >= 0.6 is 11.3 Å². The monoisotopic (exact) mass is 368 g/mol. The molecule has 130 valence electrons. The highest BCUT2D eigenvalue weighted by molar-refractivity contribution is 7.89. The van der Waals surface area contributed by atoms with Crippen molar-refractivity contribution < 1.29 is 13.2 Å². The third-order valence-electron chi connectivity index (χ3n) is 3.20. The van der Waals surface area contributed by atoms with Crippen LogP contribution in [0.1, 0.15) is 23.0 Å². The van der Waals surface area contributed by atoms with Crippen LogP contribution in [0.5, 0.6) is 0 Å². The van der Waals surface area contributed by atoms with Crippen LogP contribution in [0.15, 0.2) is 34.5 Å². The lowest BCUT2D eigenvalue weighted by atomic mass is 10.2. The predicted octanol–water partition coefficient (Wildman–Crippen LogP) is 1.54. The van der Waals surface area contributed by atoms with Crippen molar-refractivity contribution in [2.75, 3.05) is 19.4 Å². The molecule has 0 bridgehead atoms. The topological polar surface area (TPSA) is 105 Å². The van der Waals surface area contributed by atoms with Crippen molar-refractivity contribution in [1.29, 1.82) is 0 Å². The number of hydrogen-bond acceptors (Lipinski definition) is 6. The van der Waals surface area contributed by atoms with E-state index in [0.717, 1.165) is 10.00 Å². The number of benzene rings is 1. The van der Waals surface area contributed by atoms with Gasteiger partial charge in [-0.05, 0) is 31.2 Å². The number of nitrogens with zero attached hydrogens (tertiary/aromatic N) is 2. The van der Waals surface area contributed by atoms with Gasteiger partial charge in [-0.15, -0.1) is 11.3 Å². The second-order valence-corrected chi connectivity index (χ2v) is 8.60. The van der Waals surface area contributed by atoms with E-state index in [9.17, 15) is 13.2 Å². The summed E-state index contributed by atoms with van der Waals surface area (Å²) in [6.07, 6.45) is 0.642. The molecule has 0 aliphatic heterocycles. The Balaban J connectivity index is 2.09. The summed E-state index contributed by atoms with van der Waals surface area (Å²) in [6.45, 7) is 1.89. The van der Waals surface area contributed by atoms with Gasteiger partial charge in [-0.2, -0.15) is 0 Å². The molecule has 9 heteroatoms. The highest BCUT2D eigenvalue weighted by Gasteiger charge is 2.18. The van der Waals surface area contributed by atoms with Crippen LogP contribution in [0.4, 0.5) is 5.13 Å². The molecule has 0 saturated carbocycles. The van der Waals surface area contributed by atoms with Gasteiger partial charge in [-0.1, -0.05) is 0 Å². The number of aromatic nitrogens is 1. The maximum Gasteiger partial charge on any atom is 0.257 e. The third-order valence-corrected chi connectivity index (χ3v) is 5.83. The summed E-state index contributed by atoms with van der Waals surface area (Å²) in [5.74, 6) is -0.342. The number of rotatable bonds is 6. The van der Waals surface area contributed by atoms with Gasteiger partial charge in [0.15, 0.2) is 5.13 Å². The minimum absolute atomic E-state index is 0.00171. The highest BCUT2D eigenvalue weighted by Crippen LogP contribution is 2.18. The van der Waals surface area contributed by atoms with E-state index in [0.29, 0.717) is 17.1 Å². The minimum Gasteiger partial charge on any atom is -0.328 e. The average molecular weight is 368 g/mol. The van der Waals surface area contributed by atoms with E-state index in [1.54, 1.807) is 0 Å². The molecule has 7 nitrogen and oxygen atoms in total. The van der Waals surface area contributed by atoms with Gasteiger partial charge in [0.25, 0.3) is 5.91 Å². The highest BCUT2D eigenvalue weighted by atomic mass is 32.2. The maximum atomic E-state index is 12.2. The maximum absolute atomic E-state index is 12.2.